The summed E-state index contributed by atoms with van der Waals surface area (Å²) in [5, 5.41) is 11.9. The number of aliphatic carboxylic acids is 1. The van der Waals surface area contributed by atoms with Gasteiger partial charge in [-0.25, -0.2) is 4.98 Å². The lowest BCUT2D eigenvalue weighted by Crippen LogP contribution is -2.04. The number of carboxylic acid groups (broad SMARTS) is 1. The predicted octanol–water partition coefficient (Wildman–Crippen LogP) is 3.37. The lowest BCUT2D eigenvalue weighted by Gasteiger charge is -2.09. The number of ketones is 1. The first-order valence-electron chi connectivity index (χ1n) is 8.61. The van der Waals surface area contributed by atoms with Crippen molar-refractivity contribution in [2.45, 2.75) is 64.2 Å². The van der Waals surface area contributed by atoms with Gasteiger partial charge in [-0.2, -0.15) is 0 Å². The van der Waals surface area contributed by atoms with Gasteiger partial charge in [-0.05, 0) is 56.6 Å². The second-order valence-corrected chi connectivity index (χ2v) is 6.19. The van der Waals surface area contributed by atoms with Crippen LogP contribution in [0.2, 0.25) is 0 Å². The molecule has 1 aromatic heterocycles. The van der Waals surface area contributed by atoms with Crippen molar-refractivity contribution < 1.29 is 14.7 Å². The van der Waals surface area contributed by atoms with Crippen LogP contribution in [0.5, 0.6) is 0 Å². The van der Waals surface area contributed by atoms with Gasteiger partial charge in [-0.15, -0.1) is 0 Å². The van der Waals surface area contributed by atoms with Crippen molar-refractivity contribution in [1.82, 2.24) is 4.98 Å². The van der Waals surface area contributed by atoms with E-state index in [4.69, 9.17) is 10.1 Å². The highest BCUT2D eigenvalue weighted by molar-refractivity contribution is 5.78. The number of aryl methyl sites for hydroxylation is 2. The molecular weight excluding hydrogens is 292 g/mol. The van der Waals surface area contributed by atoms with Crippen molar-refractivity contribution in [3.63, 3.8) is 0 Å². The molecule has 0 radical (unpaired) electrons. The molecule has 2 heterocycles. The smallest absolute Gasteiger partial charge is 0.303 e. The van der Waals surface area contributed by atoms with Gasteiger partial charge in [0.05, 0.1) is 0 Å². The molecule has 0 aliphatic carbocycles. The fourth-order valence-corrected chi connectivity index (χ4v) is 2.86. The van der Waals surface area contributed by atoms with Gasteiger partial charge in [-0.3, -0.25) is 9.59 Å². The number of carboxylic acids is 1. The van der Waals surface area contributed by atoms with Crippen molar-refractivity contribution in [3.8, 4) is 0 Å². The van der Waals surface area contributed by atoms with E-state index in [1.54, 1.807) is 0 Å². The Kier molecular flexibility index (Phi) is 7.04. The first-order valence-corrected chi connectivity index (χ1v) is 8.61. The maximum absolute atomic E-state index is 11.6. The number of Topliss-reactive ketones (excluding diaryl/α,β-unsaturated/α-hetero) is 1. The summed E-state index contributed by atoms with van der Waals surface area (Å²) in [6.45, 7) is 0.994. The van der Waals surface area contributed by atoms with Crippen LogP contribution in [-0.4, -0.2) is 28.4 Å². The number of fused-ring (bicyclic) bond motifs is 1. The minimum Gasteiger partial charge on any atom is -0.481 e. The molecule has 0 saturated heterocycles. The van der Waals surface area contributed by atoms with E-state index in [0.717, 1.165) is 43.7 Å². The topological polar surface area (TPSA) is 79.3 Å². The summed E-state index contributed by atoms with van der Waals surface area (Å²) in [5.74, 6) is 0.369. The van der Waals surface area contributed by atoms with E-state index in [2.05, 4.69) is 17.4 Å². The Morgan fingerprint density at radius 3 is 2.74 bits per heavy atom. The van der Waals surface area contributed by atoms with Gasteiger partial charge < -0.3 is 10.4 Å². The minimum absolute atomic E-state index is 0.0811. The number of anilines is 1. The zero-order valence-electron chi connectivity index (χ0n) is 13.6. The highest BCUT2D eigenvalue weighted by Gasteiger charge is 2.09. The van der Waals surface area contributed by atoms with Gasteiger partial charge in [0.2, 0.25) is 0 Å². The molecule has 5 heteroatoms. The summed E-state index contributed by atoms with van der Waals surface area (Å²) < 4.78 is 0. The minimum atomic E-state index is -0.833. The molecule has 23 heavy (non-hydrogen) atoms. The monoisotopic (exact) mass is 318 g/mol. The second-order valence-electron chi connectivity index (χ2n) is 6.19. The largest absolute Gasteiger partial charge is 0.481 e. The van der Waals surface area contributed by atoms with Crippen LogP contribution in [0, 0.1) is 0 Å². The highest BCUT2D eigenvalue weighted by atomic mass is 16.4. The fraction of sp³-hybridized carbons (Fsp3) is 0.611. The van der Waals surface area contributed by atoms with E-state index in [0.29, 0.717) is 19.3 Å². The molecule has 126 valence electrons. The van der Waals surface area contributed by atoms with E-state index in [1.165, 1.54) is 18.4 Å². The quantitative estimate of drug-likeness (QED) is 0.682. The summed E-state index contributed by atoms with van der Waals surface area (Å²) in [7, 11) is 0. The standard InChI is InChI=1S/C18H26N2O3/c21-16(9-5-10-17(22)23)8-2-1-7-15-12-11-14-6-3-4-13-19-18(14)20-15/h11-12H,1-10,13H2,(H,19,20)(H,22,23). The number of nitrogens with zero attached hydrogens (tertiary/aromatic N) is 1. The van der Waals surface area contributed by atoms with Crippen molar-refractivity contribution >= 4 is 17.6 Å². The van der Waals surface area contributed by atoms with E-state index in [9.17, 15) is 9.59 Å². The molecule has 0 amide bonds. The van der Waals surface area contributed by atoms with Crippen molar-refractivity contribution in [2.75, 3.05) is 11.9 Å². The maximum atomic E-state index is 11.6. The molecule has 2 rings (SSSR count). The maximum Gasteiger partial charge on any atom is 0.303 e. The molecule has 0 unspecified atom stereocenters. The number of unbranched alkanes of at least 4 members (excludes halogenated alkanes) is 1. The SMILES string of the molecule is O=C(O)CCCC(=O)CCCCc1ccc2c(n1)NCCCC2. The zero-order chi connectivity index (χ0) is 16.5. The molecule has 1 aromatic rings. The average Bonchev–Trinajstić information content (AvgIpc) is 2.76. The van der Waals surface area contributed by atoms with Crippen molar-refractivity contribution in [1.29, 1.82) is 0 Å². The zero-order valence-corrected chi connectivity index (χ0v) is 13.6. The first-order chi connectivity index (χ1) is 11.1. The summed E-state index contributed by atoms with van der Waals surface area (Å²) in [5.41, 5.74) is 2.39. The lowest BCUT2D eigenvalue weighted by atomic mass is 10.0. The molecule has 0 atom stereocenters. The summed E-state index contributed by atoms with van der Waals surface area (Å²) >= 11 is 0. The van der Waals surface area contributed by atoms with Gasteiger partial charge in [0.15, 0.2) is 0 Å². The van der Waals surface area contributed by atoms with Crippen LogP contribution in [0.4, 0.5) is 5.82 Å². The molecule has 0 spiro atoms. The van der Waals surface area contributed by atoms with Gasteiger partial charge in [-0.1, -0.05) is 6.07 Å². The number of rotatable bonds is 9. The van der Waals surface area contributed by atoms with Crippen LogP contribution in [0.25, 0.3) is 0 Å². The third-order valence-corrected chi connectivity index (χ3v) is 4.19. The van der Waals surface area contributed by atoms with Crippen LogP contribution in [0.1, 0.15) is 62.6 Å². The van der Waals surface area contributed by atoms with E-state index >= 15 is 0 Å². The number of carbonyl (C=O) groups is 2. The number of aromatic nitrogens is 1. The van der Waals surface area contributed by atoms with Crippen LogP contribution < -0.4 is 5.32 Å². The van der Waals surface area contributed by atoms with Crippen LogP contribution in [0.15, 0.2) is 12.1 Å². The van der Waals surface area contributed by atoms with E-state index < -0.39 is 5.97 Å². The molecular formula is C18H26N2O3. The molecule has 0 fully saturated rings. The summed E-state index contributed by atoms with van der Waals surface area (Å²) in [4.78, 5) is 26.7. The number of hydrogen-bond donors (Lipinski definition) is 2. The predicted molar refractivity (Wildman–Crippen MR) is 89.7 cm³/mol. The third-order valence-electron chi connectivity index (χ3n) is 4.19. The Hall–Kier alpha value is -1.91. The van der Waals surface area contributed by atoms with Gasteiger partial charge >= 0.3 is 5.97 Å². The third kappa shape index (κ3) is 6.38. The Morgan fingerprint density at radius 1 is 1.09 bits per heavy atom. The number of carbonyl (C=O) groups excluding carboxylic acids is 1. The molecule has 2 N–H and O–H groups in total. The van der Waals surface area contributed by atoms with Gasteiger partial charge in [0, 0.05) is 31.5 Å². The summed E-state index contributed by atoms with van der Waals surface area (Å²) in [6.07, 6.45) is 7.63. The highest BCUT2D eigenvalue weighted by Crippen LogP contribution is 2.20. The van der Waals surface area contributed by atoms with Crippen LogP contribution >= 0.6 is 0 Å². The van der Waals surface area contributed by atoms with Gasteiger partial charge in [0.1, 0.15) is 11.6 Å². The molecule has 0 saturated carbocycles. The normalized spacial score (nSPS) is 13.7. The molecule has 1 aliphatic rings. The Balaban J connectivity index is 1.67. The second kappa shape index (κ2) is 9.28. The average molecular weight is 318 g/mol. The first kappa shape index (κ1) is 17.4. The Labute approximate surface area is 137 Å². The molecule has 1 aliphatic heterocycles. The Bertz CT molecular complexity index is 543. The number of hydrogen-bond acceptors (Lipinski definition) is 4. The fourth-order valence-electron chi connectivity index (χ4n) is 2.86. The molecule has 0 bridgehead atoms. The van der Waals surface area contributed by atoms with Crippen LogP contribution in [-0.2, 0) is 22.4 Å². The van der Waals surface area contributed by atoms with E-state index in [1.807, 2.05) is 0 Å². The van der Waals surface area contributed by atoms with E-state index in [-0.39, 0.29) is 12.2 Å². The van der Waals surface area contributed by atoms with Crippen molar-refractivity contribution in [2.24, 2.45) is 0 Å². The van der Waals surface area contributed by atoms with Gasteiger partial charge in [0.25, 0.3) is 0 Å². The molecule has 0 aromatic carbocycles. The molecule has 5 nitrogen and oxygen atoms in total. The summed E-state index contributed by atoms with van der Waals surface area (Å²) in [6, 6.07) is 4.27. The van der Waals surface area contributed by atoms with Crippen LogP contribution in [0.3, 0.4) is 0 Å². The van der Waals surface area contributed by atoms with Crippen molar-refractivity contribution in [3.05, 3.63) is 23.4 Å². The number of nitrogens with one attached hydrogen (secondary N) is 1. The number of pyridine rings is 1. The Morgan fingerprint density at radius 2 is 1.91 bits per heavy atom. The lowest BCUT2D eigenvalue weighted by molar-refractivity contribution is -0.137.